The smallest absolute Gasteiger partial charge is 0.126 e. The molecule has 0 unspecified atom stereocenters. The van der Waals surface area contributed by atoms with Crippen LogP contribution in [0.25, 0.3) is 6.08 Å². The summed E-state index contributed by atoms with van der Waals surface area (Å²) in [4.78, 5) is 0. The third kappa shape index (κ3) is 3.23. The van der Waals surface area contributed by atoms with E-state index in [4.69, 9.17) is 9.84 Å². The molecule has 2 nitrogen and oxygen atoms in total. The lowest BCUT2D eigenvalue weighted by Gasteiger charge is -2.05. The quantitative estimate of drug-likeness (QED) is 0.776. The second-order valence-electron chi connectivity index (χ2n) is 2.89. The number of aliphatic hydroxyl groups is 1. The van der Waals surface area contributed by atoms with E-state index in [1.165, 1.54) is 0 Å². The molecule has 1 N–H and O–H groups in total. The maximum Gasteiger partial charge on any atom is 0.126 e. The van der Waals surface area contributed by atoms with Crippen LogP contribution in [0.1, 0.15) is 18.9 Å². The molecule has 1 aromatic carbocycles. The second kappa shape index (κ2) is 6.22. The average molecular weight is 192 g/mol. The van der Waals surface area contributed by atoms with Gasteiger partial charge >= 0.3 is 0 Å². The van der Waals surface area contributed by atoms with Crippen molar-refractivity contribution in [3.05, 3.63) is 35.9 Å². The molecule has 0 atom stereocenters. The minimum absolute atomic E-state index is 0.188. The molecule has 0 aliphatic rings. The van der Waals surface area contributed by atoms with Crippen LogP contribution in [0, 0.1) is 0 Å². The van der Waals surface area contributed by atoms with E-state index in [1.807, 2.05) is 43.3 Å². The first-order chi connectivity index (χ1) is 6.88. The molecule has 0 aliphatic heterocycles. The first kappa shape index (κ1) is 10.8. The fourth-order valence-corrected chi connectivity index (χ4v) is 1.19. The van der Waals surface area contributed by atoms with E-state index >= 15 is 0 Å². The van der Waals surface area contributed by atoms with E-state index in [-0.39, 0.29) is 6.61 Å². The van der Waals surface area contributed by atoms with Crippen molar-refractivity contribution < 1.29 is 9.84 Å². The summed E-state index contributed by atoms with van der Waals surface area (Å²) >= 11 is 0. The van der Waals surface area contributed by atoms with Crippen LogP contribution in [0.15, 0.2) is 30.3 Å². The average Bonchev–Trinajstić information content (AvgIpc) is 2.21. The molecule has 0 bridgehead atoms. The number of para-hydroxylation sites is 1. The molecule has 0 amide bonds. The zero-order chi connectivity index (χ0) is 10.2. The Bertz CT molecular complexity index is 292. The van der Waals surface area contributed by atoms with Gasteiger partial charge in [-0.2, -0.15) is 0 Å². The molecule has 2 heteroatoms. The standard InChI is InChI=1S/C12H16O2/c1-2-14-12-9-4-3-7-11(12)8-5-6-10-13/h3-5,7-9,13H,2,6,10H2,1H3. The molecule has 0 radical (unpaired) electrons. The van der Waals surface area contributed by atoms with Crippen LogP contribution in [0.2, 0.25) is 0 Å². The lowest BCUT2D eigenvalue weighted by Crippen LogP contribution is -1.93. The van der Waals surface area contributed by atoms with Gasteiger partial charge in [-0.25, -0.2) is 0 Å². The molecular weight excluding hydrogens is 176 g/mol. The van der Waals surface area contributed by atoms with Crippen molar-refractivity contribution in [3.8, 4) is 5.75 Å². The van der Waals surface area contributed by atoms with Crippen molar-refractivity contribution in [2.24, 2.45) is 0 Å². The first-order valence-electron chi connectivity index (χ1n) is 4.87. The van der Waals surface area contributed by atoms with Gasteiger partial charge in [-0.05, 0) is 19.4 Å². The van der Waals surface area contributed by atoms with Crippen molar-refractivity contribution >= 4 is 6.08 Å². The predicted octanol–water partition coefficient (Wildman–Crippen LogP) is 2.48. The zero-order valence-electron chi connectivity index (χ0n) is 8.44. The van der Waals surface area contributed by atoms with Gasteiger partial charge in [0, 0.05) is 12.2 Å². The van der Waals surface area contributed by atoms with Gasteiger partial charge < -0.3 is 9.84 Å². The van der Waals surface area contributed by atoms with Crippen LogP contribution in [0.4, 0.5) is 0 Å². The van der Waals surface area contributed by atoms with Crippen molar-refractivity contribution in [1.29, 1.82) is 0 Å². The highest BCUT2D eigenvalue weighted by molar-refractivity contribution is 5.57. The van der Waals surface area contributed by atoms with Gasteiger partial charge in [0.15, 0.2) is 0 Å². The van der Waals surface area contributed by atoms with Gasteiger partial charge in [-0.1, -0.05) is 30.4 Å². The maximum absolute atomic E-state index is 8.63. The highest BCUT2D eigenvalue weighted by atomic mass is 16.5. The Morgan fingerprint density at radius 3 is 2.86 bits per heavy atom. The molecule has 1 rings (SSSR count). The highest BCUT2D eigenvalue weighted by Crippen LogP contribution is 2.19. The molecule has 0 heterocycles. The van der Waals surface area contributed by atoms with E-state index in [2.05, 4.69) is 0 Å². The maximum atomic E-state index is 8.63. The zero-order valence-corrected chi connectivity index (χ0v) is 8.44. The number of hydrogen-bond acceptors (Lipinski definition) is 2. The van der Waals surface area contributed by atoms with E-state index in [1.54, 1.807) is 0 Å². The number of aliphatic hydroxyl groups excluding tert-OH is 1. The third-order valence-electron chi connectivity index (χ3n) is 1.81. The Morgan fingerprint density at radius 2 is 2.14 bits per heavy atom. The molecule has 0 spiro atoms. The Hall–Kier alpha value is -1.28. The van der Waals surface area contributed by atoms with Crippen molar-refractivity contribution in [2.75, 3.05) is 13.2 Å². The fraction of sp³-hybridized carbons (Fsp3) is 0.333. The molecule has 0 saturated heterocycles. The van der Waals surface area contributed by atoms with Gasteiger partial charge in [-0.15, -0.1) is 0 Å². The van der Waals surface area contributed by atoms with Crippen molar-refractivity contribution in [1.82, 2.24) is 0 Å². The summed E-state index contributed by atoms with van der Waals surface area (Å²) in [7, 11) is 0. The molecule has 0 aromatic heterocycles. The van der Waals surface area contributed by atoms with Crippen LogP contribution in [-0.4, -0.2) is 18.3 Å². The lowest BCUT2D eigenvalue weighted by atomic mass is 10.2. The van der Waals surface area contributed by atoms with Gasteiger partial charge in [-0.3, -0.25) is 0 Å². The molecule has 0 aliphatic carbocycles. The second-order valence-corrected chi connectivity index (χ2v) is 2.89. The van der Waals surface area contributed by atoms with Gasteiger partial charge in [0.05, 0.1) is 6.61 Å². The summed E-state index contributed by atoms with van der Waals surface area (Å²) in [5.74, 6) is 0.893. The Morgan fingerprint density at radius 1 is 1.36 bits per heavy atom. The number of ether oxygens (including phenoxy) is 1. The third-order valence-corrected chi connectivity index (χ3v) is 1.81. The van der Waals surface area contributed by atoms with Crippen molar-refractivity contribution in [2.45, 2.75) is 13.3 Å². The monoisotopic (exact) mass is 192 g/mol. The SMILES string of the molecule is CCOc1ccccc1C=CCCO. The van der Waals surface area contributed by atoms with E-state index < -0.39 is 0 Å². The van der Waals surface area contributed by atoms with Crippen LogP contribution in [0.3, 0.4) is 0 Å². The number of rotatable bonds is 5. The molecule has 0 fully saturated rings. The molecule has 1 aromatic rings. The highest BCUT2D eigenvalue weighted by Gasteiger charge is 1.96. The summed E-state index contributed by atoms with van der Waals surface area (Å²) in [5.41, 5.74) is 1.06. The van der Waals surface area contributed by atoms with Crippen LogP contribution in [0.5, 0.6) is 5.75 Å². The first-order valence-corrected chi connectivity index (χ1v) is 4.87. The van der Waals surface area contributed by atoms with Gasteiger partial charge in [0.25, 0.3) is 0 Å². The van der Waals surface area contributed by atoms with Crippen LogP contribution >= 0.6 is 0 Å². The van der Waals surface area contributed by atoms with Crippen LogP contribution < -0.4 is 4.74 Å². The summed E-state index contributed by atoms with van der Waals surface area (Å²) in [6.07, 6.45) is 4.60. The van der Waals surface area contributed by atoms with Gasteiger partial charge in [0.1, 0.15) is 5.75 Å². The molecule has 14 heavy (non-hydrogen) atoms. The Kier molecular flexibility index (Phi) is 4.79. The summed E-state index contributed by atoms with van der Waals surface area (Å²) < 4.78 is 5.45. The predicted molar refractivity (Wildman–Crippen MR) is 58.3 cm³/mol. The minimum Gasteiger partial charge on any atom is -0.493 e. The molecular formula is C12H16O2. The van der Waals surface area contributed by atoms with Crippen LogP contribution in [-0.2, 0) is 0 Å². The molecule has 76 valence electrons. The van der Waals surface area contributed by atoms with Gasteiger partial charge in [0.2, 0.25) is 0 Å². The molecule has 0 saturated carbocycles. The van der Waals surface area contributed by atoms with E-state index in [0.29, 0.717) is 13.0 Å². The fourth-order valence-electron chi connectivity index (χ4n) is 1.19. The number of hydrogen-bond donors (Lipinski definition) is 1. The number of benzene rings is 1. The normalized spacial score (nSPS) is 10.7. The lowest BCUT2D eigenvalue weighted by molar-refractivity contribution is 0.303. The topological polar surface area (TPSA) is 29.5 Å². The minimum atomic E-state index is 0.188. The van der Waals surface area contributed by atoms with E-state index in [0.717, 1.165) is 11.3 Å². The van der Waals surface area contributed by atoms with E-state index in [9.17, 15) is 0 Å². The Balaban J connectivity index is 2.73. The summed E-state index contributed by atoms with van der Waals surface area (Å²) in [6.45, 7) is 2.83. The summed E-state index contributed by atoms with van der Waals surface area (Å²) in [5, 5.41) is 8.63. The Labute approximate surface area is 84.8 Å². The summed E-state index contributed by atoms with van der Waals surface area (Å²) in [6, 6.07) is 7.87. The van der Waals surface area contributed by atoms with Crippen molar-refractivity contribution in [3.63, 3.8) is 0 Å². The largest absolute Gasteiger partial charge is 0.493 e.